The van der Waals surface area contributed by atoms with Gasteiger partial charge in [0, 0.05) is 6.54 Å². The van der Waals surface area contributed by atoms with Gasteiger partial charge in [0.05, 0.1) is 0 Å². The van der Waals surface area contributed by atoms with E-state index in [1.165, 1.54) is 25.7 Å². The molecule has 0 unspecified atom stereocenters. The lowest BCUT2D eigenvalue weighted by atomic mass is 9.98. The van der Waals surface area contributed by atoms with Crippen LogP contribution in [-0.4, -0.2) is 6.54 Å². The van der Waals surface area contributed by atoms with Gasteiger partial charge in [0.25, 0.3) is 0 Å². The quantitative estimate of drug-likeness (QED) is 0.809. The number of aryl methyl sites for hydroxylation is 1. The molecule has 0 aliphatic heterocycles. The largest absolute Gasteiger partial charge is 0.312 e. The van der Waals surface area contributed by atoms with E-state index >= 15 is 0 Å². The number of hydrogen-bond donors (Lipinski definition) is 1. The van der Waals surface area contributed by atoms with E-state index in [4.69, 9.17) is 0 Å². The molecule has 1 aromatic rings. The van der Waals surface area contributed by atoms with Crippen LogP contribution in [0.1, 0.15) is 36.8 Å². The predicted molar refractivity (Wildman–Crippen MR) is 71.8 cm³/mol. The Labute approximate surface area is 109 Å². The van der Waals surface area contributed by atoms with Crippen molar-refractivity contribution in [3.63, 3.8) is 0 Å². The summed E-state index contributed by atoms with van der Waals surface area (Å²) >= 11 is 0. The van der Waals surface area contributed by atoms with Crippen molar-refractivity contribution in [2.45, 2.75) is 39.2 Å². The Morgan fingerprint density at radius 2 is 1.89 bits per heavy atom. The van der Waals surface area contributed by atoms with Gasteiger partial charge in [-0.15, -0.1) is 0 Å². The van der Waals surface area contributed by atoms with E-state index in [9.17, 15) is 4.39 Å². The number of rotatable bonds is 6. The highest BCUT2D eigenvalue weighted by Gasteiger charge is 2.40. The maximum atomic E-state index is 13.4. The molecule has 0 atom stereocenters. The second-order valence-corrected chi connectivity index (χ2v) is 6.05. The van der Waals surface area contributed by atoms with Crippen molar-refractivity contribution in [3.8, 4) is 0 Å². The van der Waals surface area contributed by atoms with Crippen molar-refractivity contribution in [2.75, 3.05) is 6.54 Å². The van der Waals surface area contributed by atoms with Crippen LogP contribution < -0.4 is 5.32 Å². The molecule has 0 aromatic heterocycles. The monoisotopic (exact) mass is 247 g/mol. The zero-order valence-electron chi connectivity index (χ0n) is 11.1. The third-order valence-electron chi connectivity index (χ3n) is 4.40. The highest BCUT2D eigenvalue weighted by molar-refractivity contribution is 5.23. The van der Waals surface area contributed by atoms with Gasteiger partial charge >= 0.3 is 0 Å². The molecule has 2 aliphatic carbocycles. The van der Waals surface area contributed by atoms with E-state index in [0.29, 0.717) is 0 Å². The minimum atomic E-state index is -0.0877. The van der Waals surface area contributed by atoms with E-state index in [1.807, 2.05) is 19.1 Å². The molecule has 2 saturated carbocycles. The molecular weight excluding hydrogens is 225 g/mol. The lowest BCUT2D eigenvalue weighted by Crippen LogP contribution is -2.25. The summed E-state index contributed by atoms with van der Waals surface area (Å²) in [4.78, 5) is 0. The zero-order chi connectivity index (χ0) is 12.5. The van der Waals surface area contributed by atoms with Crippen molar-refractivity contribution < 1.29 is 4.39 Å². The van der Waals surface area contributed by atoms with Crippen molar-refractivity contribution in [2.24, 2.45) is 17.8 Å². The number of halogens is 1. The lowest BCUT2D eigenvalue weighted by Gasteiger charge is -2.16. The Morgan fingerprint density at radius 3 is 2.44 bits per heavy atom. The van der Waals surface area contributed by atoms with Gasteiger partial charge < -0.3 is 5.32 Å². The Balaban J connectivity index is 1.49. The molecule has 98 valence electrons. The summed E-state index contributed by atoms with van der Waals surface area (Å²) < 4.78 is 13.4. The van der Waals surface area contributed by atoms with Gasteiger partial charge in [0.2, 0.25) is 0 Å². The summed E-state index contributed by atoms with van der Waals surface area (Å²) in [6.07, 6.45) is 5.73. The molecule has 2 heteroatoms. The van der Waals surface area contributed by atoms with Crippen molar-refractivity contribution in [1.29, 1.82) is 0 Å². The van der Waals surface area contributed by atoms with Gasteiger partial charge in [-0.1, -0.05) is 12.1 Å². The van der Waals surface area contributed by atoms with E-state index in [-0.39, 0.29) is 5.82 Å². The van der Waals surface area contributed by atoms with Crippen molar-refractivity contribution >= 4 is 0 Å². The second kappa shape index (κ2) is 5.00. The predicted octanol–water partition coefficient (Wildman–Crippen LogP) is 3.66. The molecule has 0 radical (unpaired) electrons. The molecule has 0 saturated heterocycles. The fraction of sp³-hybridized carbons (Fsp3) is 0.625. The van der Waals surface area contributed by atoms with E-state index in [2.05, 4.69) is 5.32 Å². The van der Waals surface area contributed by atoms with Gasteiger partial charge in [0.15, 0.2) is 0 Å². The average Bonchev–Trinajstić information content (AvgIpc) is 3.22. The number of nitrogens with one attached hydrogen (secondary N) is 1. The first-order valence-electron chi connectivity index (χ1n) is 7.20. The summed E-state index contributed by atoms with van der Waals surface area (Å²) in [5, 5.41) is 3.52. The first-order valence-corrected chi connectivity index (χ1v) is 7.20. The Bertz CT molecular complexity index is 409. The van der Waals surface area contributed by atoms with Crippen LogP contribution in [-0.2, 0) is 6.54 Å². The first-order chi connectivity index (χ1) is 8.74. The molecular formula is C16H22FN. The van der Waals surface area contributed by atoms with Crippen LogP contribution in [0.2, 0.25) is 0 Å². The molecule has 0 heterocycles. The minimum absolute atomic E-state index is 0.0877. The zero-order valence-corrected chi connectivity index (χ0v) is 11.1. The van der Waals surface area contributed by atoms with Gasteiger partial charge in [-0.05, 0) is 74.1 Å². The highest BCUT2D eigenvalue weighted by atomic mass is 19.1. The third kappa shape index (κ3) is 2.92. The van der Waals surface area contributed by atoms with Crippen LogP contribution >= 0.6 is 0 Å². The number of hydrogen-bond acceptors (Lipinski definition) is 1. The maximum absolute atomic E-state index is 13.4. The van der Waals surface area contributed by atoms with E-state index < -0.39 is 0 Å². The molecule has 1 nitrogen and oxygen atoms in total. The normalized spacial score (nSPS) is 19.5. The van der Waals surface area contributed by atoms with E-state index in [0.717, 1.165) is 42.0 Å². The Kier molecular flexibility index (Phi) is 3.38. The SMILES string of the molecule is Cc1ccc(CNCC(C2CC2)C2CC2)cc1F. The lowest BCUT2D eigenvalue weighted by molar-refractivity contribution is 0.378. The summed E-state index contributed by atoms with van der Waals surface area (Å²) in [5.74, 6) is 2.77. The van der Waals surface area contributed by atoms with Crippen LogP contribution in [0.3, 0.4) is 0 Å². The van der Waals surface area contributed by atoms with Crippen LogP contribution in [0.5, 0.6) is 0 Å². The van der Waals surface area contributed by atoms with Crippen LogP contribution in [0.25, 0.3) is 0 Å². The van der Waals surface area contributed by atoms with Gasteiger partial charge in [-0.3, -0.25) is 0 Å². The molecule has 0 amide bonds. The minimum Gasteiger partial charge on any atom is -0.312 e. The molecule has 3 rings (SSSR count). The smallest absolute Gasteiger partial charge is 0.126 e. The molecule has 2 fully saturated rings. The summed E-state index contributed by atoms with van der Waals surface area (Å²) in [6, 6.07) is 5.55. The fourth-order valence-corrected chi connectivity index (χ4v) is 2.90. The van der Waals surface area contributed by atoms with Crippen molar-refractivity contribution in [1.82, 2.24) is 5.32 Å². The summed E-state index contributed by atoms with van der Waals surface area (Å²) in [7, 11) is 0. The molecule has 1 aromatic carbocycles. The van der Waals surface area contributed by atoms with Crippen molar-refractivity contribution in [3.05, 3.63) is 35.1 Å². The number of benzene rings is 1. The fourth-order valence-electron chi connectivity index (χ4n) is 2.90. The molecule has 2 aliphatic rings. The highest BCUT2D eigenvalue weighted by Crippen LogP contribution is 2.48. The van der Waals surface area contributed by atoms with Gasteiger partial charge in [-0.2, -0.15) is 0 Å². The Hall–Kier alpha value is -0.890. The molecule has 0 bridgehead atoms. The van der Waals surface area contributed by atoms with Gasteiger partial charge in [-0.25, -0.2) is 4.39 Å². The van der Waals surface area contributed by atoms with Crippen LogP contribution in [0, 0.1) is 30.5 Å². The standard InChI is InChI=1S/C16H22FN/c1-11-2-3-12(8-16(11)17)9-18-10-15(13-4-5-13)14-6-7-14/h2-3,8,13-15,18H,4-7,9-10H2,1H3. The average molecular weight is 247 g/mol. The second-order valence-electron chi connectivity index (χ2n) is 6.05. The van der Waals surface area contributed by atoms with Crippen LogP contribution in [0.15, 0.2) is 18.2 Å². The van der Waals surface area contributed by atoms with E-state index in [1.54, 1.807) is 6.07 Å². The topological polar surface area (TPSA) is 12.0 Å². The first kappa shape index (κ1) is 12.2. The molecule has 0 spiro atoms. The summed E-state index contributed by atoms with van der Waals surface area (Å²) in [6.45, 7) is 3.72. The third-order valence-corrected chi connectivity index (χ3v) is 4.40. The maximum Gasteiger partial charge on any atom is 0.126 e. The van der Waals surface area contributed by atoms with Gasteiger partial charge in [0.1, 0.15) is 5.82 Å². The molecule has 1 N–H and O–H groups in total. The van der Waals surface area contributed by atoms with Crippen LogP contribution in [0.4, 0.5) is 4.39 Å². The summed E-state index contributed by atoms with van der Waals surface area (Å²) in [5.41, 5.74) is 1.79. The molecule has 18 heavy (non-hydrogen) atoms. The Morgan fingerprint density at radius 1 is 1.22 bits per heavy atom.